The second-order valence-electron chi connectivity index (χ2n) is 2.97. The van der Waals surface area contributed by atoms with Gasteiger partial charge in [-0.25, -0.2) is 4.21 Å². The molecule has 1 saturated heterocycles. The molecule has 0 aliphatic carbocycles. The van der Waals surface area contributed by atoms with Crippen LogP contribution in [0.1, 0.15) is 12.8 Å². The number of aliphatic hydroxyl groups excluding tert-OH is 1. The van der Waals surface area contributed by atoms with E-state index in [-0.39, 0.29) is 5.92 Å². The first kappa shape index (κ1) is 8.96. The average Bonchev–Trinajstić information content (AvgIpc) is 1.86. The lowest BCUT2D eigenvalue weighted by atomic mass is 10.0. The Balaban J connectivity index is 2.49. The van der Waals surface area contributed by atoms with Gasteiger partial charge in [0, 0.05) is 27.2 Å². The van der Waals surface area contributed by atoms with Crippen LogP contribution in [0.25, 0.3) is 0 Å². The SMILES string of the molecule is N=S1(=O)CCC(C(O)O)CC1. The van der Waals surface area contributed by atoms with E-state index in [4.69, 9.17) is 15.0 Å². The molecule has 1 aliphatic heterocycles. The molecule has 0 amide bonds. The van der Waals surface area contributed by atoms with Gasteiger partial charge in [0.2, 0.25) is 0 Å². The lowest BCUT2D eigenvalue weighted by Crippen LogP contribution is -2.30. The Bertz CT molecular complexity index is 208. The maximum absolute atomic E-state index is 11.1. The predicted molar refractivity (Wildman–Crippen MR) is 41.5 cm³/mol. The van der Waals surface area contributed by atoms with Crippen molar-refractivity contribution in [1.29, 1.82) is 4.78 Å². The largest absolute Gasteiger partial charge is 0.368 e. The molecule has 0 spiro atoms. The van der Waals surface area contributed by atoms with Crippen molar-refractivity contribution in [1.82, 2.24) is 0 Å². The number of nitrogens with one attached hydrogen (secondary N) is 1. The lowest BCUT2D eigenvalue weighted by molar-refractivity contribution is -0.0856. The van der Waals surface area contributed by atoms with Crippen LogP contribution in [-0.4, -0.2) is 32.2 Å². The average molecular weight is 179 g/mol. The third-order valence-electron chi connectivity index (χ3n) is 2.06. The van der Waals surface area contributed by atoms with Crippen LogP contribution in [0.3, 0.4) is 0 Å². The summed E-state index contributed by atoms with van der Waals surface area (Å²) in [5, 5.41) is 17.5. The van der Waals surface area contributed by atoms with Crippen molar-refractivity contribution >= 4 is 9.73 Å². The smallest absolute Gasteiger partial charge is 0.154 e. The fraction of sp³-hybridized carbons (Fsp3) is 1.00. The molecule has 1 rings (SSSR count). The monoisotopic (exact) mass is 179 g/mol. The van der Waals surface area contributed by atoms with Crippen molar-refractivity contribution in [3.05, 3.63) is 0 Å². The van der Waals surface area contributed by atoms with Crippen LogP contribution in [0.5, 0.6) is 0 Å². The molecule has 1 aliphatic rings. The van der Waals surface area contributed by atoms with E-state index in [0.717, 1.165) is 0 Å². The normalized spacial score (nSPS) is 39.4. The van der Waals surface area contributed by atoms with Gasteiger partial charge in [-0.2, -0.15) is 0 Å². The number of hydrogen-bond acceptors (Lipinski definition) is 4. The summed E-state index contributed by atoms with van der Waals surface area (Å²) in [7, 11) is -2.37. The van der Waals surface area contributed by atoms with Gasteiger partial charge >= 0.3 is 0 Å². The second kappa shape index (κ2) is 3.08. The molecule has 0 saturated carbocycles. The van der Waals surface area contributed by atoms with Gasteiger partial charge in [-0.15, -0.1) is 0 Å². The summed E-state index contributed by atoms with van der Waals surface area (Å²) in [5.74, 6) is 0.458. The van der Waals surface area contributed by atoms with Crippen molar-refractivity contribution in [2.24, 2.45) is 5.92 Å². The highest BCUT2D eigenvalue weighted by Crippen LogP contribution is 2.21. The quantitative estimate of drug-likeness (QED) is 0.486. The summed E-state index contributed by atoms with van der Waals surface area (Å²) in [6.45, 7) is 0. The maximum atomic E-state index is 11.1. The Morgan fingerprint density at radius 3 is 2.18 bits per heavy atom. The molecule has 0 aromatic heterocycles. The van der Waals surface area contributed by atoms with E-state index < -0.39 is 16.0 Å². The first-order valence-corrected chi connectivity index (χ1v) is 5.51. The van der Waals surface area contributed by atoms with Crippen LogP contribution in [0.2, 0.25) is 0 Å². The van der Waals surface area contributed by atoms with Crippen molar-refractivity contribution in [2.75, 3.05) is 11.5 Å². The van der Waals surface area contributed by atoms with Gasteiger partial charge in [-0.3, -0.25) is 4.78 Å². The molecule has 4 nitrogen and oxygen atoms in total. The Labute approximate surface area is 66.2 Å². The van der Waals surface area contributed by atoms with Crippen molar-refractivity contribution in [3.8, 4) is 0 Å². The molecule has 0 unspecified atom stereocenters. The molecule has 11 heavy (non-hydrogen) atoms. The Hall–Kier alpha value is -0.130. The zero-order valence-corrected chi connectivity index (χ0v) is 7.01. The molecule has 66 valence electrons. The Kier molecular flexibility index (Phi) is 2.51. The first-order valence-electron chi connectivity index (χ1n) is 3.61. The van der Waals surface area contributed by atoms with Crippen LogP contribution in [0.4, 0.5) is 0 Å². The molecule has 5 heteroatoms. The highest BCUT2D eigenvalue weighted by Gasteiger charge is 2.25. The zero-order valence-electron chi connectivity index (χ0n) is 6.19. The minimum absolute atomic E-state index is 0.171. The van der Waals surface area contributed by atoms with Crippen LogP contribution in [0.15, 0.2) is 0 Å². The Morgan fingerprint density at radius 1 is 1.36 bits per heavy atom. The number of hydrogen-bond donors (Lipinski definition) is 3. The topological polar surface area (TPSA) is 81.4 Å². The summed E-state index contributed by atoms with van der Waals surface area (Å²) < 4.78 is 18.3. The highest BCUT2D eigenvalue weighted by atomic mass is 32.2. The van der Waals surface area contributed by atoms with Crippen molar-refractivity contribution in [3.63, 3.8) is 0 Å². The van der Waals surface area contributed by atoms with Crippen LogP contribution >= 0.6 is 0 Å². The van der Waals surface area contributed by atoms with E-state index in [1.165, 1.54) is 0 Å². The van der Waals surface area contributed by atoms with Gasteiger partial charge in [0.1, 0.15) is 0 Å². The van der Waals surface area contributed by atoms with E-state index in [0.29, 0.717) is 24.3 Å². The summed E-state index contributed by atoms with van der Waals surface area (Å²) >= 11 is 0. The van der Waals surface area contributed by atoms with Crippen LogP contribution < -0.4 is 0 Å². The van der Waals surface area contributed by atoms with Crippen molar-refractivity contribution in [2.45, 2.75) is 19.1 Å². The standard InChI is InChI=1S/C6H13NO3S/c7-11(10)3-1-5(2-4-11)6(8)9/h5-9H,1-4H2. The number of rotatable bonds is 1. The fourth-order valence-electron chi connectivity index (χ4n) is 1.23. The second-order valence-corrected chi connectivity index (χ2v) is 5.41. The van der Waals surface area contributed by atoms with E-state index in [2.05, 4.69) is 0 Å². The minimum Gasteiger partial charge on any atom is -0.368 e. The van der Waals surface area contributed by atoms with Gasteiger partial charge < -0.3 is 10.2 Å². The van der Waals surface area contributed by atoms with Crippen LogP contribution in [0, 0.1) is 10.7 Å². The summed E-state index contributed by atoms with van der Waals surface area (Å²) in [6.07, 6.45) is -0.300. The van der Waals surface area contributed by atoms with Gasteiger partial charge in [0.25, 0.3) is 0 Å². The molecule has 0 aromatic carbocycles. The predicted octanol–water partition coefficient (Wildman–Crippen LogP) is -0.246. The van der Waals surface area contributed by atoms with Gasteiger partial charge in [0.05, 0.1) is 0 Å². The fourth-order valence-corrected chi connectivity index (χ4v) is 2.80. The molecule has 0 aromatic rings. The third kappa shape index (κ3) is 2.43. The number of aliphatic hydroxyl groups is 2. The molecule has 3 N–H and O–H groups in total. The van der Waals surface area contributed by atoms with Crippen molar-refractivity contribution < 1.29 is 14.4 Å². The van der Waals surface area contributed by atoms with Gasteiger partial charge in [0.15, 0.2) is 6.29 Å². The Morgan fingerprint density at radius 2 is 1.82 bits per heavy atom. The van der Waals surface area contributed by atoms with Gasteiger partial charge in [-0.1, -0.05) is 0 Å². The molecule has 0 atom stereocenters. The lowest BCUT2D eigenvalue weighted by Gasteiger charge is -2.24. The molecule has 1 heterocycles. The minimum atomic E-state index is -2.37. The molecule has 0 radical (unpaired) electrons. The van der Waals surface area contributed by atoms with Crippen LogP contribution in [-0.2, 0) is 9.73 Å². The van der Waals surface area contributed by atoms with Gasteiger partial charge in [-0.05, 0) is 12.8 Å². The zero-order chi connectivity index (χ0) is 8.48. The highest BCUT2D eigenvalue weighted by molar-refractivity contribution is 7.92. The molecular weight excluding hydrogens is 166 g/mol. The molecule has 1 fully saturated rings. The maximum Gasteiger partial charge on any atom is 0.154 e. The van der Waals surface area contributed by atoms with E-state index in [1.54, 1.807) is 0 Å². The summed E-state index contributed by atoms with van der Waals surface area (Å²) in [4.78, 5) is 0. The van der Waals surface area contributed by atoms with E-state index >= 15 is 0 Å². The summed E-state index contributed by atoms with van der Waals surface area (Å²) in [5.41, 5.74) is 0. The molecule has 0 bridgehead atoms. The van der Waals surface area contributed by atoms with E-state index in [1.807, 2.05) is 0 Å². The first-order chi connectivity index (χ1) is 5.01. The molecular formula is C6H13NO3S. The summed E-state index contributed by atoms with van der Waals surface area (Å²) in [6, 6.07) is 0. The van der Waals surface area contributed by atoms with E-state index in [9.17, 15) is 4.21 Å². The third-order valence-corrected chi connectivity index (χ3v) is 3.85.